The standard InChI is InChI=1S/C19H35N5O8/c1-10(2)7-12(22-16(28)11(21)5-3-4-6-20)17(29)23-13(8-15(26)27)18(30)24-14(9-25)19(31)32/h10-14,25H,3-9,20-21H2,1-2H3,(H,22,28)(H,23,29)(H,24,30)(H,26,27)(H,31,32). The first-order valence-corrected chi connectivity index (χ1v) is 10.3. The van der Waals surface area contributed by atoms with Gasteiger partial charge in [-0.3, -0.25) is 19.2 Å². The Bertz CT molecular complexity index is 658. The van der Waals surface area contributed by atoms with Gasteiger partial charge in [0.25, 0.3) is 0 Å². The van der Waals surface area contributed by atoms with Crippen LogP contribution in [-0.2, 0) is 24.0 Å². The second-order valence-electron chi connectivity index (χ2n) is 7.82. The lowest BCUT2D eigenvalue weighted by molar-refractivity contribution is -0.144. The van der Waals surface area contributed by atoms with Gasteiger partial charge >= 0.3 is 11.9 Å². The first-order chi connectivity index (χ1) is 14.9. The van der Waals surface area contributed by atoms with Gasteiger partial charge < -0.3 is 42.7 Å². The number of aliphatic carboxylic acids is 2. The summed E-state index contributed by atoms with van der Waals surface area (Å²) in [6, 6.07) is -5.27. The molecule has 0 radical (unpaired) electrons. The average Bonchev–Trinajstić information content (AvgIpc) is 2.69. The summed E-state index contributed by atoms with van der Waals surface area (Å²) in [6.45, 7) is 3.13. The van der Waals surface area contributed by atoms with Crippen LogP contribution in [0.25, 0.3) is 0 Å². The summed E-state index contributed by atoms with van der Waals surface area (Å²) in [6.07, 6.45) is 1.02. The number of unbranched alkanes of at least 4 members (excludes halogenated alkanes) is 1. The molecule has 0 bridgehead atoms. The maximum atomic E-state index is 12.8. The molecule has 4 unspecified atom stereocenters. The predicted molar refractivity (Wildman–Crippen MR) is 113 cm³/mol. The molecule has 0 aliphatic rings. The number of carbonyl (C=O) groups is 5. The van der Waals surface area contributed by atoms with E-state index in [9.17, 15) is 24.0 Å². The molecule has 184 valence electrons. The molecule has 13 heteroatoms. The van der Waals surface area contributed by atoms with E-state index in [1.807, 2.05) is 5.32 Å². The fourth-order valence-electron chi connectivity index (χ4n) is 2.74. The molecule has 0 spiro atoms. The maximum Gasteiger partial charge on any atom is 0.328 e. The van der Waals surface area contributed by atoms with Gasteiger partial charge in [-0.1, -0.05) is 20.3 Å². The van der Waals surface area contributed by atoms with Gasteiger partial charge in [-0.25, -0.2) is 4.79 Å². The van der Waals surface area contributed by atoms with Crippen molar-refractivity contribution in [3.8, 4) is 0 Å². The molecule has 0 heterocycles. The summed E-state index contributed by atoms with van der Waals surface area (Å²) in [4.78, 5) is 59.6. The fraction of sp³-hybridized carbons (Fsp3) is 0.737. The molecule has 0 aromatic carbocycles. The van der Waals surface area contributed by atoms with Crippen LogP contribution in [0.5, 0.6) is 0 Å². The van der Waals surface area contributed by atoms with E-state index < -0.39 is 66.9 Å². The minimum Gasteiger partial charge on any atom is -0.481 e. The van der Waals surface area contributed by atoms with Gasteiger partial charge in [0, 0.05) is 0 Å². The van der Waals surface area contributed by atoms with Crippen LogP contribution in [0.2, 0.25) is 0 Å². The van der Waals surface area contributed by atoms with E-state index in [2.05, 4.69) is 10.6 Å². The number of aliphatic hydroxyl groups is 1. The number of hydrogen-bond donors (Lipinski definition) is 8. The first kappa shape index (κ1) is 29.2. The van der Waals surface area contributed by atoms with Gasteiger partial charge in [-0.15, -0.1) is 0 Å². The predicted octanol–water partition coefficient (Wildman–Crippen LogP) is -2.51. The molecule has 0 fully saturated rings. The normalized spacial score (nSPS) is 14.7. The Balaban J connectivity index is 5.35. The van der Waals surface area contributed by atoms with Crippen LogP contribution < -0.4 is 27.4 Å². The monoisotopic (exact) mass is 461 g/mol. The van der Waals surface area contributed by atoms with Crippen molar-refractivity contribution < 1.29 is 39.3 Å². The van der Waals surface area contributed by atoms with Crippen molar-refractivity contribution in [3.63, 3.8) is 0 Å². The van der Waals surface area contributed by atoms with Crippen LogP contribution in [0.1, 0.15) is 46.0 Å². The summed E-state index contributed by atoms with van der Waals surface area (Å²) in [5.41, 5.74) is 11.3. The summed E-state index contributed by atoms with van der Waals surface area (Å²) in [5.74, 6) is -5.50. The number of amides is 3. The zero-order valence-corrected chi connectivity index (χ0v) is 18.4. The number of rotatable bonds is 16. The van der Waals surface area contributed by atoms with Gasteiger partial charge in [-0.2, -0.15) is 0 Å². The van der Waals surface area contributed by atoms with Crippen LogP contribution >= 0.6 is 0 Å². The Morgan fingerprint density at radius 2 is 1.38 bits per heavy atom. The number of nitrogens with two attached hydrogens (primary N) is 2. The molecule has 0 aromatic heterocycles. The first-order valence-electron chi connectivity index (χ1n) is 10.3. The lowest BCUT2D eigenvalue weighted by Gasteiger charge is -2.25. The minimum atomic E-state index is -1.67. The Kier molecular flexibility index (Phi) is 13.8. The molecular weight excluding hydrogens is 426 g/mol. The Hall–Kier alpha value is -2.77. The van der Waals surface area contributed by atoms with E-state index in [4.69, 9.17) is 26.8 Å². The SMILES string of the molecule is CC(C)CC(NC(=O)C(N)CCCCN)C(=O)NC(CC(=O)O)C(=O)NC(CO)C(=O)O. The molecule has 0 saturated heterocycles. The third-order valence-corrected chi connectivity index (χ3v) is 4.45. The highest BCUT2D eigenvalue weighted by molar-refractivity contribution is 5.95. The van der Waals surface area contributed by atoms with E-state index >= 15 is 0 Å². The molecule has 0 saturated carbocycles. The lowest BCUT2D eigenvalue weighted by atomic mass is 10.0. The molecule has 0 aliphatic carbocycles. The van der Waals surface area contributed by atoms with Crippen LogP contribution in [0, 0.1) is 5.92 Å². The highest BCUT2D eigenvalue weighted by Crippen LogP contribution is 2.08. The Morgan fingerprint density at radius 3 is 1.84 bits per heavy atom. The largest absolute Gasteiger partial charge is 0.481 e. The number of aliphatic hydroxyl groups excluding tert-OH is 1. The van der Waals surface area contributed by atoms with Crippen LogP contribution in [0.15, 0.2) is 0 Å². The second-order valence-corrected chi connectivity index (χ2v) is 7.82. The highest BCUT2D eigenvalue weighted by Gasteiger charge is 2.31. The fourth-order valence-corrected chi connectivity index (χ4v) is 2.74. The van der Waals surface area contributed by atoms with Crippen molar-refractivity contribution in [1.82, 2.24) is 16.0 Å². The molecule has 10 N–H and O–H groups in total. The number of carbonyl (C=O) groups excluding carboxylic acids is 3. The zero-order chi connectivity index (χ0) is 24.8. The third kappa shape index (κ3) is 11.6. The summed E-state index contributed by atoms with van der Waals surface area (Å²) in [7, 11) is 0. The van der Waals surface area contributed by atoms with E-state index in [-0.39, 0.29) is 12.3 Å². The van der Waals surface area contributed by atoms with Gasteiger partial charge in [-0.05, 0) is 31.7 Å². The van der Waals surface area contributed by atoms with Gasteiger partial charge in [0.15, 0.2) is 0 Å². The van der Waals surface area contributed by atoms with E-state index in [0.717, 1.165) is 0 Å². The van der Waals surface area contributed by atoms with Gasteiger partial charge in [0.1, 0.15) is 18.1 Å². The molecule has 0 aromatic rings. The summed E-state index contributed by atoms with van der Waals surface area (Å²) >= 11 is 0. The van der Waals surface area contributed by atoms with Gasteiger partial charge in [0.05, 0.1) is 19.1 Å². The minimum absolute atomic E-state index is 0.0444. The quantitative estimate of drug-likeness (QED) is 0.112. The third-order valence-electron chi connectivity index (χ3n) is 4.45. The number of nitrogens with one attached hydrogen (secondary N) is 3. The van der Waals surface area contributed by atoms with Crippen molar-refractivity contribution >= 4 is 29.7 Å². The van der Waals surface area contributed by atoms with Crippen LogP contribution in [0.3, 0.4) is 0 Å². The van der Waals surface area contributed by atoms with Crippen molar-refractivity contribution in [2.45, 2.75) is 70.1 Å². The summed E-state index contributed by atoms with van der Waals surface area (Å²) in [5, 5.41) is 33.8. The molecular formula is C19H35N5O8. The average molecular weight is 462 g/mol. The number of carboxylic acids is 2. The van der Waals surface area contributed by atoms with Crippen molar-refractivity contribution in [2.24, 2.45) is 17.4 Å². The van der Waals surface area contributed by atoms with E-state index in [1.165, 1.54) is 0 Å². The van der Waals surface area contributed by atoms with Crippen molar-refractivity contribution in [1.29, 1.82) is 0 Å². The lowest BCUT2D eigenvalue weighted by Crippen LogP contribution is -2.58. The van der Waals surface area contributed by atoms with Gasteiger partial charge in [0.2, 0.25) is 17.7 Å². The van der Waals surface area contributed by atoms with Crippen molar-refractivity contribution in [2.75, 3.05) is 13.2 Å². The molecule has 13 nitrogen and oxygen atoms in total. The molecule has 3 amide bonds. The van der Waals surface area contributed by atoms with E-state index in [1.54, 1.807) is 13.8 Å². The smallest absolute Gasteiger partial charge is 0.328 e. The Labute approximate surface area is 186 Å². The highest BCUT2D eigenvalue weighted by atomic mass is 16.4. The Morgan fingerprint density at radius 1 is 0.844 bits per heavy atom. The molecule has 0 aliphatic heterocycles. The molecule has 32 heavy (non-hydrogen) atoms. The molecule has 4 atom stereocenters. The zero-order valence-electron chi connectivity index (χ0n) is 18.4. The summed E-state index contributed by atoms with van der Waals surface area (Å²) < 4.78 is 0. The topological polar surface area (TPSA) is 234 Å². The number of carboxylic acid groups (broad SMARTS) is 2. The van der Waals surface area contributed by atoms with Crippen LogP contribution in [-0.4, -0.2) is 82.3 Å². The maximum absolute atomic E-state index is 12.8. The van der Waals surface area contributed by atoms with E-state index in [0.29, 0.717) is 25.8 Å². The van der Waals surface area contributed by atoms with Crippen molar-refractivity contribution in [3.05, 3.63) is 0 Å². The van der Waals surface area contributed by atoms with Crippen LogP contribution in [0.4, 0.5) is 0 Å². The second kappa shape index (κ2) is 15.1. The molecule has 0 rings (SSSR count). The number of hydrogen-bond acceptors (Lipinski definition) is 8.